The molecule has 0 spiro atoms. The lowest BCUT2D eigenvalue weighted by Crippen LogP contribution is -1.77. The van der Waals surface area contributed by atoms with Crippen molar-refractivity contribution in [3.05, 3.63) is 55.1 Å². The van der Waals surface area contributed by atoms with Gasteiger partial charge in [-0.1, -0.05) is 30.4 Å². The van der Waals surface area contributed by atoms with Crippen LogP contribution in [-0.4, -0.2) is 4.98 Å². The van der Waals surface area contributed by atoms with E-state index in [0.29, 0.717) is 0 Å². The van der Waals surface area contributed by atoms with Gasteiger partial charge in [0.05, 0.1) is 0 Å². The molecule has 1 heterocycles. The van der Waals surface area contributed by atoms with Crippen LogP contribution in [-0.2, 0) is 6.42 Å². The maximum Gasteiger partial charge on any atom is 0.0456 e. The van der Waals surface area contributed by atoms with Gasteiger partial charge in [-0.3, -0.25) is 0 Å². The molecular weight excluding hydrogens is 158 g/mol. The first-order valence-corrected chi connectivity index (χ1v) is 4.41. The molecule has 2 rings (SSSR count). The van der Waals surface area contributed by atoms with Crippen LogP contribution in [0.15, 0.2) is 42.5 Å². The highest BCUT2D eigenvalue weighted by atomic mass is 14.7. The summed E-state index contributed by atoms with van der Waals surface area (Å²) in [5.41, 5.74) is 2.44. The van der Waals surface area contributed by atoms with Gasteiger partial charge in [-0.15, -0.1) is 0 Å². The molecule has 1 aromatic heterocycles. The summed E-state index contributed by atoms with van der Waals surface area (Å²) in [5.74, 6) is 0. The van der Waals surface area contributed by atoms with Crippen LogP contribution in [0, 0.1) is 6.92 Å². The molecule has 1 aromatic carbocycles. The highest BCUT2D eigenvalue weighted by Crippen LogP contribution is 2.14. The smallest absolute Gasteiger partial charge is 0.0456 e. The van der Waals surface area contributed by atoms with Gasteiger partial charge in [-0.05, 0) is 24.4 Å². The van der Waals surface area contributed by atoms with E-state index in [1.165, 1.54) is 16.6 Å². The van der Waals surface area contributed by atoms with E-state index in [-0.39, 0.29) is 0 Å². The topological polar surface area (TPSA) is 15.8 Å². The number of para-hydroxylation sites is 1. The average Bonchev–Trinajstić information content (AvgIpc) is 2.57. The van der Waals surface area contributed by atoms with Crippen molar-refractivity contribution in [2.24, 2.45) is 0 Å². The molecule has 1 heteroatoms. The van der Waals surface area contributed by atoms with E-state index < -0.39 is 0 Å². The minimum Gasteiger partial charge on any atom is -0.358 e. The summed E-state index contributed by atoms with van der Waals surface area (Å²) in [6.45, 7) is 3.66. The number of hydrogen-bond acceptors (Lipinski definition) is 0. The second-order valence-corrected chi connectivity index (χ2v) is 3.06. The van der Waals surface area contributed by atoms with Crippen molar-refractivity contribution in [3.63, 3.8) is 0 Å². The molecule has 2 aromatic rings. The van der Waals surface area contributed by atoms with E-state index in [0.717, 1.165) is 6.42 Å². The Balaban J connectivity index is 2.38. The Labute approximate surface area is 78.1 Å². The minimum absolute atomic E-state index is 0.929. The lowest BCUT2D eigenvalue weighted by molar-refractivity contribution is 1.17. The highest BCUT2D eigenvalue weighted by molar-refractivity contribution is 5.80. The molecule has 0 unspecified atom stereocenters. The van der Waals surface area contributed by atoms with Crippen LogP contribution in [0.5, 0.6) is 0 Å². The summed E-state index contributed by atoms with van der Waals surface area (Å²) in [6, 6.07) is 10.5. The highest BCUT2D eigenvalue weighted by Gasteiger charge is 1.96. The summed E-state index contributed by atoms with van der Waals surface area (Å²) in [4.78, 5) is 3.35. The third-order valence-corrected chi connectivity index (χ3v) is 2.09. The van der Waals surface area contributed by atoms with Gasteiger partial charge in [-0.25, -0.2) is 0 Å². The largest absolute Gasteiger partial charge is 0.358 e. The van der Waals surface area contributed by atoms with Gasteiger partial charge in [0.25, 0.3) is 0 Å². The molecule has 0 atom stereocenters. The Morgan fingerprint density at radius 3 is 2.92 bits per heavy atom. The molecule has 13 heavy (non-hydrogen) atoms. The molecular formula is C12H12N. The summed E-state index contributed by atoms with van der Waals surface area (Å²) in [7, 11) is 0. The van der Waals surface area contributed by atoms with E-state index in [1.54, 1.807) is 0 Å². The number of aromatic amines is 1. The molecule has 1 radical (unpaired) electrons. The van der Waals surface area contributed by atoms with E-state index in [9.17, 15) is 0 Å². The first-order chi connectivity index (χ1) is 6.40. The van der Waals surface area contributed by atoms with E-state index in [1.807, 2.05) is 18.2 Å². The second-order valence-electron chi connectivity index (χ2n) is 3.06. The normalized spacial score (nSPS) is 11.5. The number of H-pyrrole nitrogens is 1. The van der Waals surface area contributed by atoms with Crippen LogP contribution in [0.2, 0.25) is 0 Å². The van der Waals surface area contributed by atoms with Gasteiger partial charge >= 0.3 is 0 Å². The van der Waals surface area contributed by atoms with Crippen molar-refractivity contribution >= 4 is 10.9 Å². The lowest BCUT2D eigenvalue weighted by atomic mass is 10.2. The predicted octanol–water partition coefficient (Wildman–Crippen LogP) is 3.10. The predicted molar refractivity (Wildman–Crippen MR) is 56.5 cm³/mol. The van der Waals surface area contributed by atoms with E-state index in [4.69, 9.17) is 0 Å². The molecule has 0 saturated carbocycles. The summed E-state index contributed by atoms with van der Waals surface area (Å²) < 4.78 is 0. The molecule has 1 nitrogen and oxygen atoms in total. The zero-order valence-electron chi connectivity index (χ0n) is 7.46. The quantitative estimate of drug-likeness (QED) is 0.712. The van der Waals surface area contributed by atoms with Gasteiger partial charge < -0.3 is 4.98 Å². The fourth-order valence-corrected chi connectivity index (χ4v) is 1.45. The van der Waals surface area contributed by atoms with Crippen molar-refractivity contribution in [1.29, 1.82) is 0 Å². The van der Waals surface area contributed by atoms with Crippen LogP contribution in [0.1, 0.15) is 5.69 Å². The third-order valence-electron chi connectivity index (χ3n) is 2.09. The molecule has 0 fully saturated rings. The number of aromatic nitrogens is 1. The first-order valence-electron chi connectivity index (χ1n) is 4.41. The Morgan fingerprint density at radius 2 is 2.15 bits per heavy atom. The maximum absolute atomic E-state index is 3.66. The molecule has 0 saturated heterocycles. The maximum atomic E-state index is 3.66. The van der Waals surface area contributed by atoms with Crippen molar-refractivity contribution in [2.75, 3.05) is 0 Å². The number of rotatable bonds is 2. The van der Waals surface area contributed by atoms with Gasteiger partial charge in [0.1, 0.15) is 0 Å². The van der Waals surface area contributed by atoms with E-state index >= 15 is 0 Å². The number of benzene rings is 1. The molecule has 0 amide bonds. The van der Waals surface area contributed by atoms with Crippen molar-refractivity contribution in [1.82, 2.24) is 4.98 Å². The number of hydrogen-bond donors (Lipinski definition) is 1. The first kappa shape index (κ1) is 8.11. The Morgan fingerprint density at radius 1 is 1.31 bits per heavy atom. The monoisotopic (exact) mass is 170 g/mol. The third kappa shape index (κ3) is 1.64. The lowest BCUT2D eigenvalue weighted by Gasteiger charge is -1.87. The van der Waals surface area contributed by atoms with Crippen LogP contribution in [0.4, 0.5) is 0 Å². The molecule has 0 aliphatic rings. The molecule has 0 bridgehead atoms. The minimum atomic E-state index is 0.929. The SMILES string of the molecule is [CH2]C=CCc1cc2ccccc2[nH]1. The van der Waals surface area contributed by atoms with Crippen LogP contribution >= 0.6 is 0 Å². The summed E-state index contributed by atoms with van der Waals surface area (Å²) in [5, 5.41) is 1.27. The van der Waals surface area contributed by atoms with Crippen LogP contribution in [0.3, 0.4) is 0 Å². The van der Waals surface area contributed by atoms with Gasteiger partial charge in [0, 0.05) is 17.6 Å². The average molecular weight is 170 g/mol. The van der Waals surface area contributed by atoms with Crippen molar-refractivity contribution in [2.45, 2.75) is 6.42 Å². The molecule has 0 aliphatic carbocycles. The Bertz CT molecular complexity index is 390. The van der Waals surface area contributed by atoms with Crippen LogP contribution in [0.25, 0.3) is 10.9 Å². The summed E-state index contributed by atoms with van der Waals surface area (Å²) >= 11 is 0. The van der Waals surface area contributed by atoms with Gasteiger partial charge in [-0.2, -0.15) is 0 Å². The van der Waals surface area contributed by atoms with Gasteiger partial charge in [0.15, 0.2) is 0 Å². The zero-order chi connectivity index (χ0) is 9.10. The van der Waals surface area contributed by atoms with E-state index in [2.05, 4.69) is 36.2 Å². The second kappa shape index (κ2) is 3.48. The molecule has 1 N–H and O–H groups in total. The number of nitrogens with one attached hydrogen (secondary N) is 1. The Hall–Kier alpha value is -1.50. The van der Waals surface area contributed by atoms with Crippen molar-refractivity contribution in [3.8, 4) is 0 Å². The molecule has 0 aliphatic heterocycles. The van der Waals surface area contributed by atoms with Crippen molar-refractivity contribution < 1.29 is 0 Å². The fraction of sp³-hybridized carbons (Fsp3) is 0.0833. The number of allylic oxidation sites excluding steroid dienone is 2. The Kier molecular flexibility index (Phi) is 2.17. The summed E-state index contributed by atoms with van der Waals surface area (Å²) in [6.07, 6.45) is 4.80. The van der Waals surface area contributed by atoms with Crippen LogP contribution < -0.4 is 0 Å². The molecule has 65 valence electrons. The fourth-order valence-electron chi connectivity index (χ4n) is 1.45. The van der Waals surface area contributed by atoms with Gasteiger partial charge in [0.2, 0.25) is 0 Å². The zero-order valence-corrected chi connectivity index (χ0v) is 7.46. The number of fused-ring (bicyclic) bond motifs is 1. The standard InChI is InChI=1S/C12H12N/c1-2-3-7-11-9-10-6-4-5-8-12(10)13-11/h2-6,8-9,13H,1,7H2.